The van der Waals surface area contributed by atoms with E-state index in [2.05, 4.69) is 5.32 Å². The van der Waals surface area contributed by atoms with Gasteiger partial charge in [-0.15, -0.1) is 11.8 Å². The maximum absolute atomic E-state index is 12.3. The Bertz CT molecular complexity index is 778. The van der Waals surface area contributed by atoms with Crippen molar-refractivity contribution in [2.45, 2.75) is 23.5 Å². The van der Waals surface area contributed by atoms with Crippen molar-refractivity contribution in [1.82, 2.24) is 5.32 Å². The highest BCUT2D eigenvalue weighted by Gasteiger charge is 2.21. The van der Waals surface area contributed by atoms with E-state index in [1.807, 2.05) is 18.2 Å². The fraction of sp³-hybridized carbons (Fsp3) is 0.353. The molecule has 1 atom stereocenters. The Kier molecular flexibility index (Phi) is 7.28. The lowest BCUT2D eigenvalue weighted by Gasteiger charge is -2.13. The van der Waals surface area contributed by atoms with Crippen LogP contribution in [0.2, 0.25) is 0 Å². The molecule has 26 heavy (non-hydrogen) atoms. The van der Waals surface area contributed by atoms with Gasteiger partial charge in [-0.05, 0) is 48.6 Å². The average Bonchev–Trinajstić information content (AvgIpc) is 3.09. The molecule has 9 heteroatoms. The lowest BCUT2D eigenvalue weighted by molar-refractivity contribution is -0.382. The zero-order valence-corrected chi connectivity index (χ0v) is 16.3. The number of amides is 1. The van der Waals surface area contributed by atoms with Crippen LogP contribution >= 0.6 is 23.1 Å². The molecule has 0 radical (unpaired) electrons. The first-order chi connectivity index (χ1) is 12.5. The van der Waals surface area contributed by atoms with Gasteiger partial charge in [-0.2, -0.15) is 0 Å². The van der Waals surface area contributed by atoms with Gasteiger partial charge in [-0.3, -0.25) is 14.9 Å². The first kappa shape index (κ1) is 20.1. The van der Waals surface area contributed by atoms with E-state index in [4.69, 9.17) is 9.47 Å². The molecule has 0 fully saturated rings. The van der Waals surface area contributed by atoms with Crippen LogP contribution in [0.5, 0.6) is 11.5 Å². The van der Waals surface area contributed by atoms with Gasteiger partial charge in [-0.1, -0.05) is 11.3 Å². The van der Waals surface area contributed by atoms with Crippen molar-refractivity contribution in [2.24, 2.45) is 0 Å². The number of thioether (sulfide) groups is 1. The van der Waals surface area contributed by atoms with Crippen molar-refractivity contribution in [3.8, 4) is 11.5 Å². The van der Waals surface area contributed by atoms with Crippen LogP contribution < -0.4 is 14.8 Å². The summed E-state index contributed by atoms with van der Waals surface area (Å²) in [5.41, 5.74) is 0.931. The average molecular weight is 396 g/mol. The summed E-state index contributed by atoms with van der Waals surface area (Å²) in [6.45, 7) is 2.16. The van der Waals surface area contributed by atoms with Crippen molar-refractivity contribution in [3.05, 3.63) is 45.3 Å². The number of ether oxygens (including phenoxy) is 2. The summed E-state index contributed by atoms with van der Waals surface area (Å²) in [4.78, 5) is 23.3. The molecule has 1 N–H and O–H groups in total. The van der Waals surface area contributed by atoms with Gasteiger partial charge in [0.05, 0.1) is 29.3 Å². The number of rotatable bonds is 9. The second-order valence-corrected chi connectivity index (χ2v) is 7.60. The number of hydrogen-bond donors (Lipinski definition) is 1. The normalized spacial score (nSPS) is 11.7. The molecule has 2 aromatic rings. The third-order valence-corrected chi connectivity index (χ3v) is 5.77. The number of carbonyl (C=O) groups is 1. The molecule has 7 nitrogen and oxygen atoms in total. The number of thiophene rings is 1. The highest BCUT2D eigenvalue weighted by Crippen LogP contribution is 2.36. The van der Waals surface area contributed by atoms with Gasteiger partial charge >= 0.3 is 5.00 Å². The van der Waals surface area contributed by atoms with Gasteiger partial charge in [0.15, 0.2) is 0 Å². The van der Waals surface area contributed by atoms with E-state index in [1.165, 1.54) is 11.8 Å². The summed E-state index contributed by atoms with van der Waals surface area (Å²) in [6, 6.07) is 7.17. The van der Waals surface area contributed by atoms with Crippen molar-refractivity contribution in [3.63, 3.8) is 0 Å². The largest absolute Gasteiger partial charge is 0.497 e. The van der Waals surface area contributed by atoms with Crippen LogP contribution in [-0.4, -0.2) is 36.8 Å². The van der Waals surface area contributed by atoms with Crippen LogP contribution in [-0.2, 0) is 11.2 Å². The topological polar surface area (TPSA) is 90.7 Å². The lowest BCUT2D eigenvalue weighted by Crippen LogP contribution is -2.32. The summed E-state index contributed by atoms with van der Waals surface area (Å²) >= 11 is 2.24. The smallest absolute Gasteiger partial charge is 0.337 e. The molecule has 1 aromatic carbocycles. The Morgan fingerprint density at radius 3 is 2.77 bits per heavy atom. The summed E-state index contributed by atoms with van der Waals surface area (Å²) in [7, 11) is 3.19. The van der Waals surface area contributed by atoms with Crippen LogP contribution in [0.25, 0.3) is 0 Å². The minimum atomic E-state index is -0.435. The van der Waals surface area contributed by atoms with E-state index in [1.54, 1.807) is 32.6 Å². The number of methoxy groups -OCH3 is 2. The molecule has 0 bridgehead atoms. The molecule has 0 aliphatic carbocycles. The Morgan fingerprint density at radius 1 is 1.35 bits per heavy atom. The molecule has 1 unspecified atom stereocenters. The predicted octanol–water partition coefficient (Wildman–Crippen LogP) is 3.51. The number of benzene rings is 1. The van der Waals surface area contributed by atoms with Gasteiger partial charge in [0.25, 0.3) is 0 Å². The molecule has 0 aliphatic rings. The second kappa shape index (κ2) is 9.44. The molecular formula is C17H20N2O5S2. The maximum atomic E-state index is 12.3. The van der Waals surface area contributed by atoms with Gasteiger partial charge in [0.2, 0.25) is 5.91 Å². The zero-order chi connectivity index (χ0) is 19.1. The minimum absolute atomic E-state index is 0.0655. The fourth-order valence-electron chi connectivity index (χ4n) is 2.30. The molecule has 0 saturated heterocycles. The minimum Gasteiger partial charge on any atom is -0.497 e. The van der Waals surface area contributed by atoms with E-state index < -0.39 is 10.2 Å². The summed E-state index contributed by atoms with van der Waals surface area (Å²) in [5.74, 6) is 1.29. The molecule has 2 rings (SSSR count). The quantitative estimate of drug-likeness (QED) is 0.396. The van der Waals surface area contributed by atoms with Gasteiger partial charge in [0.1, 0.15) is 11.5 Å². The van der Waals surface area contributed by atoms with E-state index in [9.17, 15) is 14.9 Å². The molecule has 1 heterocycles. The Morgan fingerprint density at radius 2 is 2.12 bits per heavy atom. The number of nitrogens with one attached hydrogen (secondary N) is 1. The molecule has 1 aromatic heterocycles. The summed E-state index contributed by atoms with van der Waals surface area (Å²) in [5, 5.41) is 15.1. The van der Waals surface area contributed by atoms with Gasteiger partial charge in [-0.25, -0.2) is 0 Å². The van der Waals surface area contributed by atoms with Gasteiger partial charge < -0.3 is 14.8 Å². The van der Waals surface area contributed by atoms with Crippen LogP contribution in [0.15, 0.2) is 34.5 Å². The number of carbonyl (C=O) groups excluding carboxylic acids is 1. The van der Waals surface area contributed by atoms with E-state index in [0.717, 1.165) is 28.4 Å². The Hall–Kier alpha value is -2.26. The SMILES string of the molecule is COc1ccc(OC)c(CCNC(=O)C(C)Sc2ccsc2[N+](=O)[O-])c1. The van der Waals surface area contributed by atoms with E-state index in [-0.39, 0.29) is 10.9 Å². The second-order valence-electron chi connectivity index (χ2n) is 5.33. The van der Waals surface area contributed by atoms with Crippen LogP contribution in [0.3, 0.4) is 0 Å². The van der Waals surface area contributed by atoms with Crippen molar-refractivity contribution in [1.29, 1.82) is 0 Å². The summed E-state index contributed by atoms with van der Waals surface area (Å²) < 4.78 is 10.5. The fourth-order valence-corrected chi connectivity index (χ4v) is 4.17. The first-order valence-corrected chi connectivity index (χ1v) is 9.59. The number of nitrogens with zero attached hydrogens (tertiary/aromatic N) is 1. The molecule has 0 spiro atoms. The van der Waals surface area contributed by atoms with E-state index in [0.29, 0.717) is 17.9 Å². The van der Waals surface area contributed by atoms with Crippen molar-refractivity contribution < 1.29 is 19.2 Å². The molecule has 1 amide bonds. The first-order valence-electron chi connectivity index (χ1n) is 7.83. The van der Waals surface area contributed by atoms with Crippen molar-refractivity contribution >= 4 is 34.0 Å². The summed E-state index contributed by atoms with van der Waals surface area (Å²) in [6.07, 6.45) is 0.585. The highest BCUT2D eigenvalue weighted by atomic mass is 32.2. The van der Waals surface area contributed by atoms with E-state index >= 15 is 0 Å². The molecule has 0 saturated carbocycles. The third-order valence-electron chi connectivity index (χ3n) is 3.63. The van der Waals surface area contributed by atoms with Crippen LogP contribution in [0.1, 0.15) is 12.5 Å². The number of hydrogen-bond acceptors (Lipinski definition) is 7. The molecule has 0 aliphatic heterocycles. The Labute approximate surface area is 159 Å². The predicted molar refractivity (Wildman–Crippen MR) is 103 cm³/mol. The lowest BCUT2D eigenvalue weighted by atomic mass is 10.1. The van der Waals surface area contributed by atoms with Crippen molar-refractivity contribution in [2.75, 3.05) is 20.8 Å². The monoisotopic (exact) mass is 396 g/mol. The van der Waals surface area contributed by atoms with Crippen LogP contribution in [0, 0.1) is 10.1 Å². The van der Waals surface area contributed by atoms with Gasteiger partial charge in [0, 0.05) is 6.54 Å². The third kappa shape index (κ3) is 5.12. The number of nitro groups is 1. The highest BCUT2D eigenvalue weighted by molar-refractivity contribution is 8.00. The molecular weight excluding hydrogens is 376 g/mol. The molecule has 140 valence electrons. The maximum Gasteiger partial charge on any atom is 0.337 e. The zero-order valence-electron chi connectivity index (χ0n) is 14.7. The van der Waals surface area contributed by atoms with Crippen LogP contribution in [0.4, 0.5) is 5.00 Å². The Balaban J connectivity index is 1.90. The standard InChI is InChI=1S/C17H20N2O5S2/c1-11(26-15-7-9-25-17(15)19(21)22)16(20)18-8-6-12-10-13(23-2)4-5-14(12)24-3/h4-5,7,9-11H,6,8H2,1-3H3,(H,18,20).